The largest absolute Gasteiger partial charge is 1.00 e. The summed E-state index contributed by atoms with van der Waals surface area (Å²) in [6.07, 6.45) is 1.98. The second-order valence-corrected chi connectivity index (χ2v) is 7.34. The van der Waals surface area contributed by atoms with Gasteiger partial charge in [0, 0.05) is 11.7 Å². The van der Waals surface area contributed by atoms with E-state index in [1.165, 1.54) is 24.3 Å². The first-order valence-corrected chi connectivity index (χ1v) is 9.66. The Bertz CT molecular complexity index is 1050. The second-order valence-electron chi connectivity index (χ2n) is 5.88. The van der Waals surface area contributed by atoms with Crippen LogP contribution in [0.2, 0.25) is 0 Å². The molecule has 0 spiro atoms. The van der Waals surface area contributed by atoms with Crippen LogP contribution in [0.5, 0.6) is 5.75 Å². The van der Waals surface area contributed by atoms with Gasteiger partial charge in [-0.1, -0.05) is 30.3 Å². The quantitative estimate of drug-likeness (QED) is 0.295. The van der Waals surface area contributed by atoms with Crippen LogP contribution in [-0.4, -0.2) is 37.2 Å². The van der Waals surface area contributed by atoms with Gasteiger partial charge in [0.1, 0.15) is 22.5 Å². The SMILES string of the molecule is COC(=O)C(c1ccc(OCCn2ccc3ccccc32)cc1)S(=O)(=O)[O-].[Na+]. The van der Waals surface area contributed by atoms with Crippen molar-refractivity contribution in [2.24, 2.45) is 0 Å². The van der Waals surface area contributed by atoms with Gasteiger partial charge in [0.25, 0.3) is 0 Å². The third-order valence-electron chi connectivity index (χ3n) is 4.17. The van der Waals surface area contributed by atoms with E-state index in [4.69, 9.17) is 4.74 Å². The number of hydrogen-bond acceptors (Lipinski definition) is 6. The van der Waals surface area contributed by atoms with Gasteiger partial charge >= 0.3 is 35.5 Å². The molecule has 9 heteroatoms. The van der Waals surface area contributed by atoms with Crippen molar-refractivity contribution in [3.05, 3.63) is 66.4 Å². The molecule has 3 rings (SSSR count). The van der Waals surface area contributed by atoms with Crippen molar-refractivity contribution in [2.75, 3.05) is 13.7 Å². The summed E-state index contributed by atoms with van der Waals surface area (Å²) in [6.45, 7) is 1.04. The zero-order valence-corrected chi connectivity index (χ0v) is 18.4. The van der Waals surface area contributed by atoms with Crippen LogP contribution in [0, 0.1) is 0 Å². The molecule has 142 valence electrons. The Labute approximate surface area is 185 Å². The number of benzene rings is 2. The number of aromatic nitrogens is 1. The third kappa shape index (κ3) is 5.15. The van der Waals surface area contributed by atoms with Gasteiger partial charge in [-0.2, -0.15) is 0 Å². The molecular weight excluding hydrogens is 393 g/mol. The molecule has 0 bridgehead atoms. The predicted octanol–water partition coefficient (Wildman–Crippen LogP) is -0.516. The van der Waals surface area contributed by atoms with E-state index in [-0.39, 0.29) is 35.1 Å². The van der Waals surface area contributed by atoms with Gasteiger partial charge in [0.05, 0.1) is 13.7 Å². The molecule has 0 saturated carbocycles. The fourth-order valence-electron chi connectivity index (χ4n) is 2.86. The Balaban J connectivity index is 0.00000280. The number of carbonyl (C=O) groups excluding carboxylic acids is 1. The summed E-state index contributed by atoms with van der Waals surface area (Å²) in [5.41, 5.74) is 1.15. The van der Waals surface area contributed by atoms with E-state index < -0.39 is 21.3 Å². The van der Waals surface area contributed by atoms with E-state index in [1.54, 1.807) is 0 Å². The Hall–Kier alpha value is -1.84. The standard InChI is InChI=1S/C19H19NO6S.Na/c1-25-19(21)18(27(22,23)24)15-6-8-16(9-7-15)26-13-12-20-11-10-14-4-2-3-5-17(14)20;/h2-11,18H,12-13H2,1H3,(H,22,23,24);/q;+1/p-1. The molecule has 0 fully saturated rings. The third-order valence-corrected chi connectivity index (χ3v) is 5.21. The van der Waals surface area contributed by atoms with Gasteiger partial charge in [-0.05, 0) is 35.2 Å². The molecule has 7 nitrogen and oxygen atoms in total. The van der Waals surface area contributed by atoms with Gasteiger partial charge in [-0.3, -0.25) is 4.79 Å². The fourth-order valence-corrected chi connectivity index (χ4v) is 3.69. The first-order chi connectivity index (χ1) is 12.9. The number of esters is 1. The van der Waals surface area contributed by atoms with Gasteiger partial charge in [-0.25, -0.2) is 8.42 Å². The van der Waals surface area contributed by atoms with Crippen molar-refractivity contribution in [3.8, 4) is 5.75 Å². The average Bonchev–Trinajstić information content (AvgIpc) is 3.05. The van der Waals surface area contributed by atoms with Crippen molar-refractivity contribution in [1.82, 2.24) is 4.57 Å². The van der Waals surface area contributed by atoms with Crippen molar-refractivity contribution in [1.29, 1.82) is 0 Å². The first-order valence-electron chi connectivity index (χ1n) is 8.19. The molecule has 0 saturated heterocycles. The molecule has 0 radical (unpaired) electrons. The smallest absolute Gasteiger partial charge is 0.747 e. The average molecular weight is 411 g/mol. The summed E-state index contributed by atoms with van der Waals surface area (Å²) >= 11 is 0. The van der Waals surface area contributed by atoms with Crippen molar-refractivity contribution >= 4 is 27.0 Å². The van der Waals surface area contributed by atoms with Crippen LogP contribution in [0.1, 0.15) is 10.8 Å². The van der Waals surface area contributed by atoms with Crippen LogP contribution in [0.25, 0.3) is 10.9 Å². The maximum absolute atomic E-state index is 11.6. The Morgan fingerprint density at radius 1 is 1.11 bits per heavy atom. The zero-order valence-electron chi connectivity index (χ0n) is 15.6. The Morgan fingerprint density at radius 2 is 1.79 bits per heavy atom. The second kappa shape index (κ2) is 9.58. The van der Waals surface area contributed by atoms with Gasteiger partial charge in [0.15, 0.2) is 5.25 Å². The maximum Gasteiger partial charge on any atom is 1.00 e. The number of hydrogen-bond donors (Lipinski definition) is 0. The van der Waals surface area contributed by atoms with Crippen LogP contribution >= 0.6 is 0 Å². The zero-order chi connectivity index (χ0) is 19.4. The number of ether oxygens (including phenoxy) is 2. The monoisotopic (exact) mass is 411 g/mol. The molecule has 28 heavy (non-hydrogen) atoms. The molecule has 1 unspecified atom stereocenters. The number of nitrogens with zero attached hydrogens (tertiary/aromatic N) is 1. The Kier molecular flexibility index (Phi) is 7.68. The normalized spacial score (nSPS) is 12.2. The number of methoxy groups -OCH3 is 1. The minimum Gasteiger partial charge on any atom is -0.747 e. The summed E-state index contributed by atoms with van der Waals surface area (Å²) in [6, 6.07) is 15.8. The minimum absolute atomic E-state index is 0. The minimum atomic E-state index is -4.88. The van der Waals surface area contributed by atoms with Gasteiger partial charge in [0.2, 0.25) is 0 Å². The predicted molar refractivity (Wildman–Crippen MR) is 98.3 cm³/mol. The van der Waals surface area contributed by atoms with E-state index in [1.807, 2.05) is 36.5 Å². The molecule has 0 aliphatic heterocycles. The van der Waals surface area contributed by atoms with E-state index in [0.717, 1.165) is 18.0 Å². The van der Waals surface area contributed by atoms with E-state index in [0.29, 0.717) is 18.9 Å². The molecule has 0 amide bonds. The van der Waals surface area contributed by atoms with Crippen LogP contribution in [-0.2, 0) is 26.2 Å². The van der Waals surface area contributed by atoms with Crippen molar-refractivity contribution < 1.29 is 56.8 Å². The van der Waals surface area contributed by atoms with E-state index >= 15 is 0 Å². The molecule has 1 aromatic heterocycles. The summed E-state index contributed by atoms with van der Waals surface area (Å²) in [5.74, 6) is -0.611. The topological polar surface area (TPSA) is 97.7 Å². The fraction of sp³-hybridized carbons (Fsp3) is 0.211. The molecule has 1 atom stereocenters. The number of para-hydroxylation sites is 1. The molecule has 0 aliphatic rings. The number of carbonyl (C=O) groups is 1. The number of fused-ring (bicyclic) bond motifs is 1. The Morgan fingerprint density at radius 3 is 2.43 bits per heavy atom. The van der Waals surface area contributed by atoms with Crippen LogP contribution in [0.4, 0.5) is 0 Å². The number of rotatable bonds is 7. The molecule has 2 aromatic carbocycles. The summed E-state index contributed by atoms with van der Waals surface area (Å²) in [7, 11) is -3.85. The molecule has 3 aromatic rings. The summed E-state index contributed by atoms with van der Waals surface area (Å²) in [4.78, 5) is 11.6. The van der Waals surface area contributed by atoms with Crippen molar-refractivity contribution in [3.63, 3.8) is 0 Å². The molecular formula is C19H18NNaO6S. The van der Waals surface area contributed by atoms with Crippen LogP contribution in [0.15, 0.2) is 60.8 Å². The van der Waals surface area contributed by atoms with E-state index in [2.05, 4.69) is 9.30 Å². The van der Waals surface area contributed by atoms with Crippen molar-refractivity contribution in [2.45, 2.75) is 11.8 Å². The first kappa shape index (κ1) is 22.4. The molecule has 0 N–H and O–H groups in total. The molecule has 0 aliphatic carbocycles. The maximum atomic E-state index is 11.6. The van der Waals surface area contributed by atoms with Crippen LogP contribution < -0.4 is 34.3 Å². The van der Waals surface area contributed by atoms with Crippen LogP contribution in [0.3, 0.4) is 0 Å². The summed E-state index contributed by atoms with van der Waals surface area (Å²) in [5, 5.41) is -0.739. The van der Waals surface area contributed by atoms with E-state index in [9.17, 15) is 17.8 Å². The van der Waals surface area contributed by atoms with Gasteiger partial charge < -0.3 is 18.6 Å². The molecule has 1 heterocycles. The van der Waals surface area contributed by atoms with Gasteiger partial charge in [-0.15, -0.1) is 0 Å². The summed E-state index contributed by atoms with van der Waals surface area (Å²) < 4.78 is 46.2.